The molecular formula is C17H14Cl2N4O5S. The fourth-order valence-corrected chi connectivity index (χ4v) is 3.77. The molecular weight excluding hydrogens is 443 g/mol. The van der Waals surface area contributed by atoms with Crippen LogP contribution in [0.15, 0.2) is 35.6 Å². The molecule has 152 valence electrons. The molecule has 12 heteroatoms. The van der Waals surface area contributed by atoms with Crippen LogP contribution in [-0.2, 0) is 14.6 Å². The molecule has 1 amide bonds. The number of hydrogen-bond acceptors (Lipinski definition) is 7. The van der Waals surface area contributed by atoms with Crippen LogP contribution in [-0.4, -0.2) is 47.8 Å². The van der Waals surface area contributed by atoms with Gasteiger partial charge in [-0.15, -0.1) is 0 Å². The molecule has 0 fully saturated rings. The van der Waals surface area contributed by atoms with Gasteiger partial charge < -0.3 is 10.1 Å². The van der Waals surface area contributed by atoms with E-state index in [-0.39, 0.29) is 44.1 Å². The minimum absolute atomic E-state index is 0.0457. The minimum atomic E-state index is -3.70. The third kappa shape index (κ3) is 4.19. The Balaban J connectivity index is 2.15. The van der Waals surface area contributed by atoms with Gasteiger partial charge in [-0.25, -0.2) is 17.7 Å². The van der Waals surface area contributed by atoms with Crippen molar-refractivity contribution in [2.45, 2.75) is 11.9 Å². The molecule has 9 nitrogen and oxygen atoms in total. The van der Waals surface area contributed by atoms with E-state index in [0.29, 0.717) is 0 Å². The van der Waals surface area contributed by atoms with Gasteiger partial charge in [-0.3, -0.25) is 9.78 Å². The summed E-state index contributed by atoms with van der Waals surface area (Å²) in [5, 5.41) is 6.61. The van der Waals surface area contributed by atoms with Crippen molar-refractivity contribution in [2.24, 2.45) is 0 Å². The van der Waals surface area contributed by atoms with E-state index < -0.39 is 21.7 Å². The van der Waals surface area contributed by atoms with Crippen LogP contribution in [0.2, 0.25) is 10.0 Å². The Morgan fingerprint density at radius 3 is 2.45 bits per heavy atom. The highest BCUT2D eigenvalue weighted by Crippen LogP contribution is 2.29. The standard InChI is InChI=1S/C17H14Cl2N4O5S/c1-3-28-17(25)12-6-13-9(4-5-14(23(13)22-12)29(2,26)27)16(24)21-15-10(18)7-20-8-11(15)19/h4-8H,3H2,1-2H3,(H,20,21,24). The monoisotopic (exact) mass is 456 g/mol. The summed E-state index contributed by atoms with van der Waals surface area (Å²) in [6, 6.07) is 3.80. The number of halogens is 2. The third-order valence-corrected chi connectivity index (χ3v) is 5.43. The zero-order chi connectivity index (χ0) is 21.3. The zero-order valence-corrected chi connectivity index (χ0v) is 17.5. The lowest BCUT2D eigenvalue weighted by atomic mass is 10.2. The van der Waals surface area contributed by atoms with Crippen LogP contribution < -0.4 is 5.32 Å². The van der Waals surface area contributed by atoms with E-state index >= 15 is 0 Å². The van der Waals surface area contributed by atoms with Crippen LogP contribution in [0.5, 0.6) is 0 Å². The first-order valence-corrected chi connectivity index (χ1v) is 10.8. The molecule has 0 unspecified atom stereocenters. The summed E-state index contributed by atoms with van der Waals surface area (Å²) < 4.78 is 30.1. The first-order valence-electron chi connectivity index (χ1n) is 8.13. The average Bonchev–Trinajstić information content (AvgIpc) is 3.08. The summed E-state index contributed by atoms with van der Waals surface area (Å²) in [5.41, 5.74) is 0.139. The maximum absolute atomic E-state index is 12.8. The maximum Gasteiger partial charge on any atom is 0.358 e. The number of rotatable bonds is 5. The lowest BCUT2D eigenvalue weighted by molar-refractivity contribution is 0.0518. The van der Waals surface area contributed by atoms with Crippen LogP contribution in [0, 0.1) is 0 Å². The topological polar surface area (TPSA) is 120 Å². The van der Waals surface area contributed by atoms with Gasteiger partial charge in [-0.05, 0) is 25.1 Å². The molecule has 3 heterocycles. The summed E-state index contributed by atoms with van der Waals surface area (Å²) in [6.45, 7) is 1.73. The molecule has 0 saturated carbocycles. The fourth-order valence-electron chi connectivity index (χ4n) is 2.54. The fraction of sp³-hybridized carbons (Fsp3) is 0.176. The smallest absolute Gasteiger partial charge is 0.358 e. The molecule has 0 bridgehead atoms. The highest BCUT2D eigenvalue weighted by atomic mass is 35.5. The van der Waals surface area contributed by atoms with Gasteiger partial charge in [-0.2, -0.15) is 5.10 Å². The number of sulfone groups is 1. The molecule has 0 radical (unpaired) electrons. The van der Waals surface area contributed by atoms with Crippen molar-refractivity contribution in [2.75, 3.05) is 18.2 Å². The molecule has 29 heavy (non-hydrogen) atoms. The quantitative estimate of drug-likeness (QED) is 0.585. The van der Waals surface area contributed by atoms with Gasteiger partial charge in [0.05, 0.1) is 33.4 Å². The molecule has 3 rings (SSSR count). The van der Waals surface area contributed by atoms with E-state index in [9.17, 15) is 18.0 Å². The lowest BCUT2D eigenvalue weighted by Crippen LogP contribution is -2.16. The first-order chi connectivity index (χ1) is 13.6. The number of nitrogens with one attached hydrogen (secondary N) is 1. The Labute approximate surface area is 175 Å². The second-order valence-corrected chi connectivity index (χ2v) is 8.61. The predicted octanol–water partition coefficient (Wildman–Crippen LogP) is 2.87. The van der Waals surface area contributed by atoms with Gasteiger partial charge >= 0.3 is 5.97 Å². The number of fused-ring (bicyclic) bond motifs is 1. The summed E-state index contributed by atoms with van der Waals surface area (Å²) in [4.78, 5) is 28.7. The number of esters is 1. The molecule has 0 aromatic carbocycles. The van der Waals surface area contributed by atoms with Crippen molar-refractivity contribution in [1.29, 1.82) is 0 Å². The predicted molar refractivity (Wildman–Crippen MR) is 106 cm³/mol. The Morgan fingerprint density at radius 2 is 1.86 bits per heavy atom. The number of aromatic nitrogens is 3. The highest BCUT2D eigenvalue weighted by molar-refractivity contribution is 7.90. The molecule has 1 N–H and O–H groups in total. The largest absolute Gasteiger partial charge is 0.461 e. The summed E-state index contributed by atoms with van der Waals surface area (Å²) in [5.74, 6) is -1.39. The van der Waals surface area contributed by atoms with E-state index in [1.807, 2.05) is 0 Å². The number of carbonyl (C=O) groups is 2. The SMILES string of the molecule is CCOC(=O)c1cc2c(C(=O)Nc3c(Cl)cncc3Cl)ccc(S(C)(=O)=O)n2n1. The second-order valence-electron chi connectivity index (χ2n) is 5.84. The Hall–Kier alpha value is -2.69. The molecule has 3 aromatic heterocycles. The van der Waals surface area contributed by atoms with Gasteiger partial charge in [0.15, 0.2) is 20.6 Å². The van der Waals surface area contributed by atoms with Crippen LogP contribution in [0.4, 0.5) is 5.69 Å². The van der Waals surface area contributed by atoms with Crippen molar-refractivity contribution in [1.82, 2.24) is 14.6 Å². The van der Waals surface area contributed by atoms with Gasteiger partial charge in [0, 0.05) is 18.6 Å². The molecule has 0 spiro atoms. The second kappa shape index (κ2) is 7.97. The molecule has 0 aliphatic heterocycles. The van der Waals surface area contributed by atoms with Crippen LogP contribution in [0.1, 0.15) is 27.8 Å². The molecule has 0 aliphatic carbocycles. The first kappa shape index (κ1) is 21.0. The number of carbonyl (C=O) groups excluding carboxylic acids is 2. The van der Waals surface area contributed by atoms with Crippen LogP contribution in [0.3, 0.4) is 0 Å². The van der Waals surface area contributed by atoms with Crippen LogP contribution in [0.25, 0.3) is 5.52 Å². The normalized spacial score (nSPS) is 11.4. The Kier molecular flexibility index (Phi) is 5.78. The minimum Gasteiger partial charge on any atom is -0.461 e. The average molecular weight is 457 g/mol. The number of nitrogens with zero attached hydrogens (tertiary/aromatic N) is 3. The van der Waals surface area contributed by atoms with Gasteiger partial charge in [0.2, 0.25) is 0 Å². The van der Waals surface area contributed by atoms with E-state index in [4.69, 9.17) is 27.9 Å². The van der Waals surface area contributed by atoms with Crippen LogP contribution >= 0.6 is 23.2 Å². The van der Waals surface area contributed by atoms with E-state index in [1.165, 1.54) is 30.6 Å². The Morgan fingerprint density at radius 1 is 1.21 bits per heavy atom. The number of anilines is 1. The van der Waals surface area contributed by atoms with E-state index in [1.54, 1.807) is 6.92 Å². The van der Waals surface area contributed by atoms with Gasteiger partial charge in [0.1, 0.15) is 0 Å². The highest BCUT2D eigenvalue weighted by Gasteiger charge is 2.23. The summed E-state index contributed by atoms with van der Waals surface area (Å²) in [7, 11) is -3.70. The summed E-state index contributed by atoms with van der Waals surface area (Å²) in [6.07, 6.45) is 3.61. The van der Waals surface area contributed by atoms with Gasteiger partial charge in [-0.1, -0.05) is 23.2 Å². The zero-order valence-electron chi connectivity index (χ0n) is 15.1. The third-order valence-electron chi connectivity index (χ3n) is 3.79. The lowest BCUT2D eigenvalue weighted by Gasteiger charge is -2.10. The van der Waals surface area contributed by atoms with Crippen molar-refractivity contribution in [3.05, 3.63) is 51.9 Å². The molecule has 0 atom stereocenters. The maximum atomic E-state index is 12.8. The number of hydrogen-bond donors (Lipinski definition) is 1. The van der Waals surface area contributed by atoms with Gasteiger partial charge in [0.25, 0.3) is 5.91 Å². The van der Waals surface area contributed by atoms with Crippen molar-refractivity contribution >= 4 is 56.1 Å². The van der Waals surface area contributed by atoms with Crippen molar-refractivity contribution in [3.8, 4) is 0 Å². The summed E-state index contributed by atoms with van der Waals surface area (Å²) >= 11 is 12.1. The van der Waals surface area contributed by atoms with E-state index in [0.717, 1.165) is 10.8 Å². The van der Waals surface area contributed by atoms with Crippen molar-refractivity contribution < 1.29 is 22.7 Å². The number of pyridine rings is 2. The number of ether oxygens (including phenoxy) is 1. The van der Waals surface area contributed by atoms with E-state index in [2.05, 4.69) is 15.4 Å². The van der Waals surface area contributed by atoms with Crippen molar-refractivity contribution in [3.63, 3.8) is 0 Å². The molecule has 3 aromatic rings. The Bertz CT molecular complexity index is 1220. The molecule has 0 aliphatic rings. The molecule has 0 saturated heterocycles. The number of amides is 1.